The molecule has 0 radical (unpaired) electrons. The molecular formula is C16H25N3O. The number of nitrogens with one attached hydrogen (secondary N) is 1. The first-order valence-electron chi connectivity index (χ1n) is 7.27. The van der Waals surface area contributed by atoms with Crippen LogP contribution in [-0.4, -0.2) is 16.9 Å². The highest BCUT2D eigenvalue weighted by atomic mass is 16.1. The average molecular weight is 275 g/mol. The molecule has 4 nitrogen and oxygen atoms in total. The molecule has 3 N–H and O–H groups in total. The second-order valence-corrected chi connectivity index (χ2v) is 6.87. The summed E-state index contributed by atoms with van der Waals surface area (Å²) in [4.78, 5) is 16.6. The van der Waals surface area contributed by atoms with Crippen molar-refractivity contribution in [3.05, 3.63) is 23.4 Å². The molecule has 1 aromatic rings. The number of nitrogens with zero attached hydrogens (tertiary/aromatic N) is 1. The maximum Gasteiger partial charge on any atom is 0.251 e. The van der Waals surface area contributed by atoms with Gasteiger partial charge in [-0.05, 0) is 29.4 Å². The molecule has 0 aliphatic heterocycles. The summed E-state index contributed by atoms with van der Waals surface area (Å²) >= 11 is 0. The number of anilines is 1. The Morgan fingerprint density at radius 1 is 1.30 bits per heavy atom. The van der Waals surface area contributed by atoms with E-state index in [0.29, 0.717) is 11.4 Å². The van der Waals surface area contributed by atoms with Crippen molar-refractivity contribution in [1.82, 2.24) is 10.3 Å². The topological polar surface area (TPSA) is 68.0 Å². The molecule has 20 heavy (non-hydrogen) atoms. The van der Waals surface area contributed by atoms with E-state index in [9.17, 15) is 4.79 Å². The van der Waals surface area contributed by atoms with Gasteiger partial charge in [-0.15, -0.1) is 0 Å². The van der Waals surface area contributed by atoms with Gasteiger partial charge in [0.15, 0.2) is 0 Å². The molecular weight excluding hydrogens is 250 g/mol. The Morgan fingerprint density at radius 3 is 2.40 bits per heavy atom. The number of aromatic nitrogens is 1. The van der Waals surface area contributed by atoms with E-state index >= 15 is 0 Å². The maximum absolute atomic E-state index is 12.4. The van der Waals surface area contributed by atoms with Crippen LogP contribution in [0.2, 0.25) is 0 Å². The van der Waals surface area contributed by atoms with Crippen LogP contribution >= 0.6 is 0 Å². The molecule has 0 aromatic carbocycles. The summed E-state index contributed by atoms with van der Waals surface area (Å²) in [5, 5.41) is 3.12. The second kappa shape index (κ2) is 4.76. The van der Waals surface area contributed by atoms with Crippen LogP contribution in [-0.2, 0) is 6.42 Å². The molecule has 1 fully saturated rings. The number of carbonyl (C=O) groups excluding carboxylic acids is 1. The van der Waals surface area contributed by atoms with Crippen LogP contribution in [0.1, 0.15) is 57.1 Å². The van der Waals surface area contributed by atoms with Gasteiger partial charge in [-0.3, -0.25) is 4.79 Å². The molecule has 1 amide bonds. The summed E-state index contributed by atoms with van der Waals surface area (Å²) in [6.07, 6.45) is 1.83. The van der Waals surface area contributed by atoms with Gasteiger partial charge in [0.25, 0.3) is 5.91 Å². The number of pyridine rings is 1. The van der Waals surface area contributed by atoms with Gasteiger partial charge in [0, 0.05) is 17.3 Å². The molecule has 1 aliphatic carbocycles. The van der Waals surface area contributed by atoms with E-state index in [-0.39, 0.29) is 22.8 Å². The molecule has 1 aliphatic rings. The van der Waals surface area contributed by atoms with Crippen molar-refractivity contribution in [3.63, 3.8) is 0 Å². The Balaban J connectivity index is 2.15. The lowest BCUT2D eigenvalue weighted by Crippen LogP contribution is -2.30. The minimum absolute atomic E-state index is 0.0555. The lowest BCUT2D eigenvalue weighted by atomic mass is 10.0. The van der Waals surface area contributed by atoms with Crippen LogP contribution in [0.3, 0.4) is 0 Å². The Kier molecular flexibility index (Phi) is 3.53. The second-order valence-electron chi connectivity index (χ2n) is 6.87. The van der Waals surface area contributed by atoms with Gasteiger partial charge in [0.1, 0.15) is 5.82 Å². The number of aryl methyl sites for hydroxylation is 1. The first-order valence-corrected chi connectivity index (χ1v) is 7.27. The third kappa shape index (κ3) is 2.39. The summed E-state index contributed by atoms with van der Waals surface area (Å²) in [7, 11) is 0. The smallest absolute Gasteiger partial charge is 0.251 e. The van der Waals surface area contributed by atoms with Gasteiger partial charge in [0.2, 0.25) is 0 Å². The number of nitrogen functional groups attached to an aromatic ring is 1. The van der Waals surface area contributed by atoms with Gasteiger partial charge < -0.3 is 11.1 Å². The van der Waals surface area contributed by atoms with Crippen molar-refractivity contribution in [1.29, 1.82) is 0 Å². The van der Waals surface area contributed by atoms with E-state index in [0.717, 1.165) is 18.5 Å². The van der Waals surface area contributed by atoms with Gasteiger partial charge in [-0.1, -0.05) is 41.0 Å². The molecule has 0 unspecified atom stereocenters. The Bertz CT molecular complexity index is 521. The summed E-state index contributed by atoms with van der Waals surface area (Å²) in [5.41, 5.74) is 7.55. The van der Waals surface area contributed by atoms with Gasteiger partial charge in [-0.25, -0.2) is 4.98 Å². The number of hydrogen-bond acceptors (Lipinski definition) is 3. The lowest BCUT2D eigenvalue weighted by Gasteiger charge is -2.09. The third-order valence-corrected chi connectivity index (χ3v) is 4.96. The quantitative estimate of drug-likeness (QED) is 0.888. The highest BCUT2D eigenvalue weighted by molar-refractivity contribution is 5.95. The van der Waals surface area contributed by atoms with Gasteiger partial charge in [0.05, 0.1) is 0 Å². The molecule has 0 saturated heterocycles. The van der Waals surface area contributed by atoms with Crippen LogP contribution in [0.4, 0.5) is 5.82 Å². The first kappa shape index (κ1) is 14.8. The molecule has 0 atom stereocenters. The highest BCUT2D eigenvalue weighted by Gasteiger charge is 2.65. The Hall–Kier alpha value is -1.58. The van der Waals surface area contributed by atoms with E-state index < -0.39 is 0 Å². The molecule has 0 spiro atoms. The van der Waals surface area contributed by atoms with E-state index in [1.165, 1.54) is 0 Å². The Labute approximate surface area is 121 Å². The van der Waals surface area contributed by atoms with Crippen LogP contribution in [0.5, 0.6) is 0 Å². The largest absolute Gasteiger partial charge is 0.384 e. The van der Waals surface area contributed by atoms with Crippen LogP contribution in [0.15, 0.2) is 12.1 Å². The fourth-order valence-corrected chi connectivity index (χ4v) is 2.90. The van der Waals surface area contributed by atoms with Crippen molar-refractivity contribution in [3.8, 4) is 0 Å². The minimum atomic E-state index is -0.0555. The van der Waals surface area contributed by atoms with Crippen molar-refractivity contribution < 1.29 is 4.79 Å². The molecule has 1 heterocycles. The zero-order valence-electron chi connectivity index (χ0n) is 13.1. The SMILES string of the molecule is CCCc1cc(C(=O)NC2C(C)(C)C2(C)C)cc(N)n1. The van der Waals surface area contributed by atoms with Crippen molar-refractivity contribution >= 4 is 11.7 Å². The normalized spacial score (nSPS) is 19.6. The number of hydrogen-bond donors (Lipinski definition) is 2. The lowest BCUT2D eigenvalue weighted by molar-refractivity contribution is 0.0943. The fourth-order valence-electron chi connectivity index (χ4n) is 2.90. The number of rotatable bonds is 4. The molecule has 2 rings (SSSR count). The number of carbonyl (C=O) groups is 1. The van der Waals surface area contributed by atoms with E-state index in [1.54, 1.807) is 6.07 Å². The summed E-state index contributed by atoms with van der Waals surface area (Å²) < 4.78 is 0. The minimum Gasteiger partial charge on any atom is -0.384 e. The third-order valence-electron chi connectivity index (χ3n) is 4.96. The van der Waals surface area contributed by atoms with Crippen molar-refractivity contribution in [2.45, 2.75) is 53.5 Å². The zero-order chi connectivity index (χ0) is 15.1. The van der Waals surface area contributed by atoms with E-state index in [4.69, 9.17) is 5.73 Å². The van der Waals surface area contributed by atoms with Gasteiger partial charge >= 0.3 is 0 Å². The molecule has 110 valence electrons. The van der Waals surface area contributed by atoms with Crippen LogP contribution in [0.25, 0.3) is 0 Å². The van der Waals surface area contributed by atoms with E-state index in [1.807, 2.05) is 6.07 Å². The monoisotopic (exact) mass is 275 g/mol. The summed E-state index contributed by atoms with van der Waals surface area (Å²) in [6.45, 7) is 10.8. The molecule has 1 saturated carbocycles. The van der Waals surface area contributed by atoms with Crippen LogP contribution in [0, 0.1) is 10.8 Å². The Morgan fingerprint density at radius 2 is 1.90 bits per heavy atom. The average Bonchev–Trinajstić information content (AvgIpc) is 2.71. The van der Waals surface area contributed by atoms with Crippen molar-refractivity contribution in [2.24, 2.45) is 10.8 Å². The first-order chi connectivity index (χ1) is 9.20. The molecule has 1 aromatic heterocycles. The standard InChI is InChI=1S/C16H25N3O/c1-6-7-11-8-10(9-12(17)18-11)13(20)19-14-15(2,3)16(14,4)5/h8-9,14H,6-7H2,1-5H3,(H2,17,18)(H,19,20). The molecule has 0 bridgehead atoms. The molecule has 4 heteroatoms. The predicted octanol–water partition coefficient (Wildman–Crippen LogP) is 2.78. The predicted molar refractivity (Wildman–Crippen MR) is 81.5 cm³/mol. The maximum atomic E-state index is 12.4. The zero-order valence-corrected chi connectivity index (χ0v) is 13.1. The number of nitrogens with two attached hydrogens (primary N) is 1. The van der Waals surface area contributed by atoms with Crippen LogP contribution < -0.4 is 11.1 Å². The van der Waals surface area contributed by atoms with E-state index in [2.05, 4.69) is 44.9 Å². The number of amides is 1. The van der Waals surface area contributed by atoms with Crippen molar-refractivity contribution in [2.75, 3.05) is 5.73 Å². The van der Waals surface area contributed by atoms with Gasteiger partial charge in [-0.2, -0.15) is 0 Å². The summed E-state index contributed by atoms with van der Waals surface area (Å²) in [5.74, 6) is 0.357. The fraction of sp³-hybridized carbons (Fsp3) is 0.625. The highest BCUT2D eigenvalue weighted by Crippen LogP contribution is 2.62. The summed E-state index contributed by atoms with van der Waals surface area (Å²) in [6, 6.07) is 3.69.